The molecule has 0 aliphatic heterocycles. The van der Waals surface area contributed by atoms with Crippen LogP contribution in [0.1, 0.15) is 25.3 Å². The predicted octanol–water partition coefficient (Wildman–Crippen LogP) is 2.42. The number of nitrogens with two attached hydrogens (primary N) is 1. The Balaban J connectivity index is 2.27. The smallest absolute Gasteiger partial charge is 0.241 e. The van der Waals surface area contributed by atoms with Crippen LogP contribution in [0.2, 0.25) is 0 Å². The number of halogens is 1. The second-order valence-corrected chi connectivity index (χ2v) is 7.31. The summed E-state index contributed by atoms with van der Waals surface area (Å²) in [6, 6.07) is 3.32. The first kappa shape index (κ1) is 13.8. The topological polar surface area (TPSA) is 72.2 Å². The maximum absolute atomic E-state index is 12.2. The second-order valence-electron chi connectivity index (χ2n) is 4.77. The highest BCUT2D eigenvalue weighted by atomic mass is 79.9. The standard InChI is InChI=1S/C12H17BrN2O2S/c1-3-8-5-11(8)15-18(16,17)12-6-10(14)9(13)4-7(12)2/h4,6,8,11,15H,3,5,14H2,1-2H3. The number of aryl methyl sites for hydroxylation is 1. The van der Waals surface area contributed by atoms with E-state index >= 15 is 0 Å². The molecule has 4 nitrogen and oxygen atoms in total. The molecule has 1 aromatic carbocycles. The SMILES string of the molecule is CCC1CC1NS(=O)(=O)c1cc(N)c(Br)cc1C. The molecule has 0 aromatic heterocycles. The number of nitrogen functional groups attached to an aromatic ring is 1. The number of benzene rings is 1. The molecule has 0 heterocycles. The van der Waals surface area contributed by atoms with Crippen molar-refractivity contribution in [2.24, 2.45) is 5.92 Å². The van der Waals surface area contributed by atoms with Crippen LogP contribution in [0.15, 0.2) is 21.5 Å². The number of sulfonamides is 1. The number of rotatable bonds is 4. The highest BCUT2D eigenvalue weighted by Crippen LogP contribution is 2.35. The van der Waals surface area contributed by atoms with Crippen LogP contribution in [0.3, 0.4) is 0 Å². The largest absolute Gasteiger partial charge is 0.398 e. The lowest BCUT2D eigenvalue weighted by Crippen LogP contribution is -2.27. The number of nitrogens with one attached hydrogen (secondary N) is 1. The van der Waals surface area contributed by atoms with E-state index < -0.39 is 10.0 Å². The minimum absolute atomic E-state index is 0.0873. The van der Waals surface area contributed by atoms with Gasteiger partial charge in [-0.3, -0.25) is 0 Å². The average molecular weight is 333 g/mol. The Kier molecular flexibility index (Phi) is 3.71. The van der Waals surface area contributed by atoms with Gasteiger partial charge in [-0.25, -0.2) is 13.1 Å². The van der Waals surface area contributed by atoms with E-state index in [9.17, 15) is 8.42 Å². The summed E-state index contributed by atoms with van der Waals surface area (Å²) >= 11 is 3.29. The number of hydrogen-bond donors (Lipinski definition) is 2. The van der Waals surface area contributed by atoms with E-state index in [-0.39, 0.29) is 10.9 Å². The van der Waals surface area contributed by atoms with Crippen molar-refractivity contribution in [3.05, 3.63) is 22.2 Å². The van der Waals surface area contributed by atoms with Gasteiger partial charge >= 0.3 is 0 Å². The van der Waals surface area contributed by atoms with Gasteiger partial charge in [-0.15, -0.1) is 0 Å². The monoisotopic (exact) mass is 332 g/mol. The Bertz CT molecular complexity index is 572. The molecule has 18 heavy (non-hydrogen) atoms. The van der Waals surface area contributed by atoms with Crippen LogP contribution in [0, 0.1) is 12.8 Å². The Morgan fingerprint density at radius 3 is 2.72 bits per heavy atom. The summed E-state index contributed by atoms with van der Waals surface area (Å²) in [6.45, 7) is 3.84. The van der Waals surface area contributed by atoms with Crippen molar-refractivity contribution in [3.8, 4) is 0 Å². The molecular formula is C12H17BrN2O2S. The zero-order valence-electron chi connectivity index (χ0n) is 10.4. The summed E-state index contributed by atoms with van der Waals surface area (Å²) < 4.78 is 27.9. The van der Waals surface area contributed by atoms with Crippen molar-refractivity contribution in [1.29, 1.82) is 0 Å². The molecule has 6 heteroatoms. The third kappa shape index (κ3) is 2.70. The molecule has 0 bridgehead atoms. The molecule has 2 unspecified atom stereocenters. The highest BCUT2D eigenvalue weighted by Gasteiger charge is 2.39. The fourth-order valence-electron chi connectivity index (χ4n) is 2.06. The molecule has 0 saturated heterocycles. The van der Waals surface area contributed by atoms with Gasteiger partial charge in [0.15, 0.2) is 0 Å². The maximum atomic E-state index is 12.2. The van der Waals surface area contributed by atoms with Crippen LogP contribution in [0.25, 0.3) is 0 Å². The Morgan fingerprint density at radius 1 is 1.50 bits per heavy atom. The van der Waals surface area contributed by atoms with Crippen molar-refractivity contribution in [2.45, 2.75) is 37.6 Å². The molecular weight excluding hydrogens is 316 g/mol. The third-order valence-electron chi connectivity index (χ3n) is 3.34. The van der Waals surface area contributed by atoms with Gasteiger partial charge in [0.2, 0.25) is 10.0 Å². The second kappa shape index (κ2) is 4.83. The van der Waals surface area contributed by atoms with Crippen LogP contribution in [0.5, 0.6) is 0 Å². The van der Waals surface area contributed by atoms with Crippen molar-refractivity contribution in [3.63, 3.8) is 0 Å². The van der Waals surface area contributed by atoms with Gasteiger partial charge in [-0.1, -0.05) is 13.3 Å². The van der Waals surface area contributed by atoms with Crippen LogP contribution in [0.4, 0.5) is 5.69 Å². The number of hydrogen-bond acceptors (Lipinski definition) is 3. The minimum atomic E-state index is -3.46. The zero-order chi connectivity index (χ0) is 13.5. The first-order valence-corrected chi connectivity index (χ1v) is 8.20. The minimum Gasteiger partial charge on any atom is -0.398 e. The summed E-state index contributed by atoms with van der Waals surface area (Å²) in [7, 11) is -3.46. The molecule has 1 saturated carbocycles. The van der Waals surface area contributed by atoms with E-state index in [2.05, 4.69) is 27.6 Å². The van der Waals surface area contributed by atoms with Crippen molar-refractivity contribution >= 4 is 31.6 Å². The van der Waals surface area contributed by atoms with E-state index in [1.165, 1.54) is 6.07 Å². The molecule has 1 aromatic rings. The molecule has 2 atom stereocenters. The Hall–Kier alpha value is -0.590. The molecule has 2 rings (SSSR count). The summed E-state index contributed by atoms with van der Waals surface area (Å²) in [5.41, 5.74) is 6.87. The normalized spacial score (nSPS) is 23.1. The maximum Gasteiger partial charge on any atom is 0.241 e. The summed E-state index contributed by atoms with van der Waals surface area (Å²) in [4.78, 5) is 0.268. The summed E-state index contributed by atoms with van der Waals surface area (Å²) in [5.74, 6) is 0.480. The summed E-state index contributed by atoms with van der Waals surface area (Å²) in [5, 5.41) is 0. The highest BCUT2D eigenvalue weighted by molar-refractivity contribution is 9.10. The quantitative estimate of drug-likeness (QED) is 0.831. The third-order valence-corrected chi connectivity index (χ3v) is 5.66. The van der Waals surface area contributed by atoms with Crippen molar-refractivity contribution < 1.29 is 8.42 Å². The van der Waals surface area contributed by atoms with E-state index in [0.717, 1.165) is 17.3 Å². The lowest BCUT2D eigenvalue weighted by molar-refractivity contribution is 0.575. The van der Waals surface area contributed by atoms with E-state index in [0.29, 0.717) is 17.2 Å². The zero-order valence-corrected chi connectivity index (χ0v) is 12.8. The first-order chi connectivity index (χ1) is 8.35. The Labute approximate surface area is 116 Å². The summed E-state index contributed by atoms with van der Waals surface area (Å²) in [6.07, 6.45) is 1.94. The molecule has 1 aliphatic carbocycles. The van der Waals surface area contributed by atoms with Gasteiger partial charge in [0.25, 0.3) is 0 Å². The molecule has 0 radical (unpaired) electrons. The molecule has 1 aliphatic rings. The van der Waals surface area contributed by atoms with Crippen LogP contribution in [-0.2, 0) is 10.0 Å². The van der Waals surface area contributed by atoms with E-state index in [1.807, 2.05) is 0 Å². The predicted molar refractivity (Wildman–Crippen MR) is 75.8 cm³/mol. The van der Waals surface area contributed by atoms with Crippen LogP contribution in [-0.4, -0.2) is 14.5 Å². The molecule has 3 N–H and O–H groups in total. The van der Waals surface area contributed by atoms with Crippen molar-refractivity contribution in [1.82, 2.24) is 4.72 Å². The molecule has 0 amide bonds. The van der Waals surface area contributed by atoms with Gasteiger partial charge in [-0.05, 0) is 52.9 Å². The fraction of sp³-hybridized carbons (Fsp3) is 0.500. The average Bonchev–Trinajstić information content (AvgIpc) is 3.00. The van der Waals surface area contributed by atoms with E-state index in [4.69, 9.17) is 5.73 Å². The van der Waals surface area contributed by atoms with E-state index in [1.54, 1.807) is 13.0 Å². The van der Waals surface area contributed by atoms with Crippen LogP contribution < -0.4 is 10.5 Å². The van der Waals surface area contributed by atoms with Crippen LogP contribution >= 0.6 is 15.9 Å². The van der Waals surface area contributed by atoms with Gasteiger partial charge in [0.1, 0.15) is 0 Å². The fourth-order valence-corrected chi connectivity index (χ4v) is 4.10. The van der Waals surface area contributed by atoms with Gasteiger partial charge in [0.05, 0.1) is 4.90 Å². The van der Waals surface area contributed by atoms with Gasteiger partial charge in [-0.2, -0.15) is 0 Å². The molecule has 0 spiro atoms. The lowest BCUT2D eigenvalue weighted by Gasteiger charge is -2.11. The first-order valence-electron chi connectivity index (χ1n) is 5.93. The molecule has 100 valence electrons. The van der Waals surface area contributed by atoms with Crippen molar-refractivity contribution in [2.75, 3.05) is 5.73 Å². The molecule has 1 fully saturated rings. The Morgan fingerprint density at radius 2 is 2.17 bits per heavy atom. The van der Waals surface area contributed by atoms with Gasteiger partial charge < -0.3 is 5.73 Å². The number of anilines is 1. The van der Waals surface area contributed by atoms with Gasteiger partial charge in [0, 0.05) is 16.2 Å². The lowest BCUT2D eigenvalue weighted by atomic mass is 10.2.